The van der Waals surface area contributed by atoms with Crippen LogP contribution in [0, 0.1) is 5.82 Å². The number of hydrogen-bond acceptors (Lipinski definition) is 2. The summed E-state index contributed by atoms with van der Waals surface area (Å²) >= 11 is 0. The molecular formula is C10H13FO2. The molecule has 0 fully saturated rings. The lowest BCUT2D eigenvalue weighted by atomic mass is 10.1. The maximum atomic E-state index is 13.0. The van der Waals surface area contributed by atoms with E-state index in [9.17, 15) is 4.39 Å². The molecule has 0 radical (unpaired) electrons. The Labute approximate surface area is 77.3 Å². The van der Waals surface area contributed by atoms with Crippen molar-refractivity contribution < 1.29 is 13.9 Å². The van der Waals surface area contributed by atoms with Crippen molar-refractivity contribution in [2.45, 2.75) is 13.0 Å². The Balaban J connectivity index is 2.99. The molecule has 1 aromatic rings. The number of halogens is 1. The van der Waals surface area contributed by atoms with Gasteiger partial charge in [-0.1, -0.05) is 6.07 Å². The van der Waals surface area contributed by atoms with Gasteiger partial charge in [0.15, 0.2) is 11.6 Å². The quantitative estimate of drug-likeness (QED) is 0.718. The van der Waals surface area contributed by atoms with Crippen LogP contribution in [0.2, 0.25) is 0 Å². The fourth-order valence-electron chi connectivity index (χ4n) is 1.07. The summed E-state index contributed by atoms with van der Waals surface area (Å²) < 4.78 is 22.9. The fourth-order valence-corrected chi connectivity index (χ4v) is 1.07. The van der Waals surface area contributed by atoms with E-state index in [1.165, 1.54) is 13.2 Å². The number of methoxy groups -OCH3 is 2. The topological polar surface area (TPSA) is 18.5 Å². The third-order valence-electron chi connectivity index (χ3n) is 2.00. The van der Waals surface area contributed by atoms with Crippen molar-refractivity contribution in [3.63, 3.8) is 0 Å². The van der Waals surface area contributed by atoms with Crippen LogP contribution in [-0.2, 0) is 4.74 Å². The molecule has 1 aromatic carbocycles. The second kappa shape index (κ2) is 4.23. The van der Waals surface area contributed by atoms with E-state index in [0.717, 1.165) is 5.56 Å². The number of rotatable bonds is 3. The molecule has 1 atom stereocenters. The van der Waals surface area contributed by atoms with E-state index >= 15 is 0 Å². The minimum atomic E-state index is -0.352. The molecule has 0 aliphatic heterocycles. The minimum absolute atomic E-state index is 0.0468. The van der Waals surface area contributed by atoms with E-state index in [1.807, 2.05) is 6.92 Å². The first-order chi connectivity index (χ1) is 6.19. The molecule has 0 spiro atoms. The zero-order valence-corrected chi connectivity index (χ0v) is 8.00. The van der Waals surface area contributed by atoms with Gasteiger partial charge >= 0.3 is 0 Å². The Hall–Kier alpha value is -1.09. The van der Waals surface area contributed by atoms with Crippen LogP contribution in [0.25, 0.3) is 0 Å². The summed E-state index contributed by atoms with van der Waals surface area (Å²) in [6, 6.07) is 4.71. The Bertz CT molecular complexity index is 286. The third-order valence-corrected chi connectivity index (χ3v) is 2.00. The van der Waals surface area contributed by atoms with Gasteiger partial charge in [-0.3, -0.25) is 0 Å². The predicted molar refractivity (Wildman–Crippen MR) is 48.4 cm³/mol. The molecule has 0 heterocycles. The van der Waals surface area contributed by atoms with Crippen LogP contribution < -0.4 is 4.74 Å². The summed E-state index contributed by atoms with van der Waals surface area (Å²) in [5, 5.41) is 0. The fraction of sp³-hybridized carbons (Fsp3) is 0.400. The number of ether oxygens (including phenoxy) is 2. The Kier molecular flexibility index (Phi) is 3.25. The zero-order chi connectivity index (χ0) is 9.84. The van der Waals surface area contributed by atoms with Crippen LogP contribution in [0.1, 0.15) is 18.6 Å². The molecule has 72 valence electrons. The van der Waals surface area contributed by atoms with Crippen molar-refractivity contribution in [3.8, 4) is 5.75 Å². The molecule has 0 saturated heterocycles. The standard InChI is InChI=1S/C10H13FO2/c1-7(12-2)8-4-5-9(11)10(6-8)13-3/h4-7H,1-3H3. The van der Waals surface area contributed by atoms with Gasteiger partial charge in [-0.2, -0.15) is 0 Å². The van der Waals surface area contributed by atoms with Crippen LogP contribution >= 0.6 is 0 Å². The highest BCUT2D eigenvalue weighted by Crippen LogP contribution is 2.23. The van der Waals surface area contributed by atoms with Crippen molar-refractivity contribution in [2.24, 2.45) is 0 Å². The van der Waals surface area contributed by atoms with Gasteiger partial charge in [-0.05, 0) is 24.6 Å². The molecule has 1 unspecified atom stereocenters. The van der Waals surface area contributed by atoms with Crippen LogP contribution in [0.4, 0.5) is 4.39 Å². The van der Waals surface area contributed by atoms with Crippen LogP contribution in [0.3, 0.4) is 0 Å². The van der Waals surface area contributed by atoms with Gasteiger partial charge in [0.05, 0.1) is 13.2 Å². The van der Waals surface area contributed by atoms with Crippen molar-refractivity contribution in [3.05, 3.63) is 29.6 Å². The minimum Gasteiger partial charge on any atom is -0.494 e. The summed E-state index contributed by atoms with van der Waals surface area (Å²) in [6.45, 7) is 1.90. The molecule has 3 heteroatoms. The molecule has 0 aromatic heterocycles. The SMILES string of the molecule is COc1cc(C(C)OC)ccc1F. The van der Waals surface area contributed by atoms with Crippen LogP contribution in [0.15, 0.2) is 18.2 Å². The largest absolute Gasteiger partial charge is 0.494 e. The zero-order valence-electron chi connectivity index (χ0n) is 8.00. The van der Waals surface area contributed by atoms with Gasteiger partial charge in [0.2, 0.25) is 0 Å². The summed E-state index contributed by atoms with van der Waals surface area (Å²) in [4.78, 5) is 0. The van der Waals surface area contributed by atoms with E-state index in [2.05, 4.69) is 0 Å². The van der Waals surface area contributed by atoms with E-state index < -0.39 is 0 Å². The van der Waals surface area contributed by atoms with E-state index in [0.29, 0.717) is 0 Å². The summed E-state index contributed by atoms with van der Waals surface area (Å²) in [5.74, 6) is -0.101. The van der Waals surface area contributed by atoms with Gasteiger partial charge in [0.1, 0.15) is 0 Å². The van der Waals surface area contributed by atoms with Crippen LogP contribution in [-0.4, -0.2) is 14.2 Å². The normalized spacial score (nSPS) is 12.6. The summed E-state index contributed by atoms with van der Waals surface area (Å²) in [7, 11) is 3.06. The molecule has 13 heavy (non-hydrogen) atoms. The van der Waals surface area contributed by atoms with Gasteiger partial charge in [-0.25, -0.2) is 4.39 Å². The van der Waals surface area contributed by atoms with Crippen molar-refractivity contribution in [2.75, 3.05) is 14.2 Å². The highest BCUT2D eigenvalue weighted by atomic mass is 19.1. The molecule has 0 N–H and O–H groups in total. The van der Waals surface area contributed by atoms with Crippen molar-refractivity contribution >= 4 is 0 Å². The van der Waals surface area contributed by atoms with E-state index in [4.69, 9.17) is 9.47 Å². The Morgan fingerprint density at radius 1 is 1.31 bits per heavy atom. The Morgan fingerprint density at radius 3 is 2.54 bits per heavy atom. The molecule has 1 rings (SSSR count). The van der Waals surface area contributed by atoms with Crippen molar-refractivity contribution in [1.82, 2.24) is 0 Å². The van der Waals surface area contributed by atoms with Gasteiger partial charge < -0.3 is 9.47 Å². The van der Waals surface area contributed by atoms with E-state index in [-0.39, 0.29) is 17.7 Å². The summed E-state index contributed by atoms with van der Waals surface area (Å²) in [5.41, 5.74) is 0.903. The lowest BCUT2D eigenvalue weighted by molar-refractivity contribution is 0.119. The number of hydrogen-bond donors (Lipinski definition) is 0. The second-order valence-electron chi connectivity index (χ2n) is 2.77. The molecular weight excluding hydrogens is 171 g/mol. The van der Waals surface area contributed by atoms with Crippen molar-refractivity contribution in [1.29, 1.82) is 0 Å². The van der Waals surface area contributed by atoms with Gasteiger partial charge in [0, 0.05) is 7.11 Å². The lowest BCUT2D eigenvalue weighted by Crippen LogP contribution is -1.97. The third kappa shape index (κ3) is 2.18. The molecule has 0 bridgehead atoms. The van der Waals surface area contributed by atoms with Gasteiger partial charge in [0.25, 0.3) is 0 Å². The highest BCUT2D eigenvalue weighted by molar-refractivity contribution is 5.31. The smallest absolute Gasteiger partial charge is 0.165 e. The molecule has 0 amide bonds. The lowest BCUT2D eigenvalue weighted by Gasteiger charge is -2.11. The van der Waals surface area contributed by atoms with Crippen LogP contribution in [0.5, 0.6) is 5.75 Å². The maximum Gasteiger partial charge on any atom is 0.165 e. The summed E-state index contributed by atoms with van der Waals surface area (Å²) in [6.07, 6.45) is -0.0468. The second-order valence-corrected chi connectivity index (χ2v) is 2.77. The highest BCUT2D eigenvalue weighted by Gasteiger charge is 2.08. The molecule has 0 saturated carbocycles. The number of benzene rings is 1. The average molecular weight is 184 g/mol. The van der Waals surface area contributed by atoms with E-state index in [1.54, 1.807) is 19.2 Å². The Morgan fingerprint density at radius 2 is 2.00 bits per heavy atom. The predicted octanol–water partition coefficient (Wildman–Crippen LogP) is 2.54. The first-order valence-electron chi connectivity index (χ1n) is 4.05. The molecule has 0 aliphatic carbocycles. The molecule has 0 aliphatic rings. The first kappa shape index (κ1) is 9.99. The average Bonchev–Trinajstić information content (AvgIpc) is 2.17. The monoisotopic (exact) mass is 184 g/mol. The maximum absolute atomic E-state index is 13.0. The first-order valence-corrected chi connectivity index (χ1v) is 4.05. The molecule has 2 nitrogen and oxygen atoms in total. The van der Waals surface area contributed by atoms with Gasteiger partial charge in [-0.15, -0.1) is 0 Å².